The fourth-order valence-electron chi connectivity index (χ4n) is 1.31. The van der Waals surface area contributed by atoms with Crippen LogP contribution in [-0.2, 0) is 4.79 Å². The van der Waals surface area contributed by atoms with E-state index in [1.165, 1.54) is 12.1 Å². The Balaban J connectivity index is 2.69. The van der Waals surface area contributed by atoms with Gasteiger partial charge in [-0.25, -0.2) is 8.78 Å². The molecule has 0 unspecified atom stereocenters. The van der Waals surface area contributed by atoms with E-state index in [0.717, 1.165) is 12.4 Å². The number of allylic oxidation sites excluding steroid dienone is 1. The average molecular weight is 210 g/mol. The zero-order chi connectivity index (χ0) is 11.3. The molecule has 0 N–H and O–H groups in total. The maximum absolute atomic E-state index is 13.2. The lowest BCUT2D eigenvalue weighted by Crippen LogP contribution is -1.91. The predicted octanol–water partition coefficient (Wildman–Crippen LogP) is 3.35. The lowest BCUT2D eigenvalue weighted by molar-refractivity contribution is -0.107. The van der Waals surface area contributed by atoms with Crippen molar-refractivity contribution < 1.29 is 13.6 Å². The number of rotatable bonds is 5. The predicted molar refractivity (Wildman–Crippen MR) is 55.3 cm³/mol. The second-order valence-electron chi connectivity index (χ2n) is 3.29. The third kappa shape index (κ3) is 3.27. The van der Waals surface area contributed by atoms with Crippen LogP contribution in [0, 0.1) is 11.6 Å². The molecule has 0 aromatic heterocycles. The van der Waals surface area contributed by atoms with Gasteiger partial charge in [0.2, 0.25) is 0 Å². The molecule has 0 atom stereocenters. The van der Waals surface area contributed by atoms with Crippen LogP contribution in [-0.4, -0.2) is 6.29 Å². The molecule has 0 saturated carbocycles. The quantitative estimate of drug-likeness (QED) is 0.538. The highest BCUT2D eigenvalue weighted by atomic mass is 19.1. The number of hydrogen-bond donors (Lipinski definition) is 0. The molecule has 0 aliphatic rings. The van der Waals surface area contributed by atoms with Gasteiger partial charge in [0.15, 0.2) is 0 Å². The van der Waals surface area contributed by atoms with Gasteiger partial charge in [-0.2, -0.15) is 0 Å². The summed E-state index contributed by atoms with van der Waals surface area (Å²) >= 11 is 0. The van der Waals surface area contributed by atoms with E-state index in [0.29, 0.717) is 30.4 Å². The van der Waals surface area contributed by atoms with E-state index < -0.39 is 11.6 Å². The van der Waals surface area contributed by atoms with Crippen LogP contribution in [0.4, 0.5) is 8.78 Å². The van der Waals surface area contributed by atoms with Crippen molar-refractivity contribution in [1.82, 2.24) is 0 Å². The Morgan fingerprint density at radius 1 is 1.40 bits per heavy atom. The number of carbonyl (C=O) groups excluding carboxylic acids is 1. The van der Waals surface area contributed by atoms with Crippen molar-refractivity contribution in [2.24, 2.45) is 0 Å². The first kappa shape index (κ1) is 11.6. The SMILES string of the molecule is C=C(CCCC=O)c1ccc(F)cc1F. The molecule has 0 amide bonds. The molecule has 80 valence electrons. The van der Waals surface area contributed by atoms with Crippen LogP contribution in [0.5, 0.6) is 0 Å². The van der Waals surface area contributed by atoms with Crippen LogP contribution in [0.25, 0.3) is 5.57 Å². The molecule has 15 heavy (non-hydrogen) atoms. The van der Waals surface area contributed by atoms with E-state index in [1.54, 1.807) is 0 Å². The molecule has 0 spiro atoms. The van der Waals surface area contributed by atoms with Gasteiger partial charge in [0.05, 0.1) is 0 Å². The second-order valence-corrected chi connectivity index (χ2v) is 3.29. The van der Waals surface area contributed by atoms with Gasteiger partial charge in [-0.1, -0.05) is 6.58 Å². The van der Waals surface area contributed by atoms with Gasteiger partial charge in [0, 0.05) is 18.1 Å². The van der Waals surface area contributed by atoms with E-state index in [4.69, 9.17) is 0 Å². The molecule has 0 aliphatic heterocycles. The number of carbonyl (C=O) groups is 1. The average Bonchev–Trinajstić information content (AvgIpc) is 2.17. The Labute approximate surface area is 87.4 Å². The number of halogens is 2. The topological polar surface area (TPSA) is 17.1 Å². The lowest BCUT2D eigenvalue weighted by atomic mass is 10.0. The Hall–Kier alpha value is -1.51. The summed E-state index contributed by atoms with van der Waals surface area (Å²) in [7, 11) is 0. The molecule has 1 nitrogen and oxygen atoms in total. The lowest BCUT2D eigenvalue weighted by Gasteiger charge is -2.05. The van der Waals surface area contributed by atoms with Gasteiger partial charge in [0.1, 0.15) is 17.9 Å². The van der Waals surface area contributed by atoms with Gasteiger partial charge < -0.3 is 4.79 Å². The van der Waals surface area contributed by atoms with Gasteiger partial charge in [-0.05, 0) is 30.5 Å². The Bertz CT molecular complexity index is 372. The standard InChI is InChI=1S/C12H12F2O/c1-9(4-2-3-7-15)11-6-5-10(13)8-12(11)14/h5-8H,1-4H2. The summed E-state index contributed by atoms with van der Waals surface area (Å²) in [6.45, 7) is 3.71. The number of hydrogen-bond acceptors (Lipinski definition) is 1. The van der Waals surface area contributed by atoms with E-state index in [2.05, 4.69) is 6.58 Å². The maximum atomic E-state index is 13.2. The van der Waals surface area contributed by atoms with Gasteiger partial charge in [-0.15, -0.1) is 0 Å². The van der Waals surface area contributed by atoms with Gasteiger partial charge in [-0.3, -0.25) is 0 Å². The normalized spacial score (nSPS) is 10.0. The van der Waals surface area contributed by atoms with Crippen molar-refractivity contribution >= 4 is 11.9 Å². The summed E-state index contributed by atoms with van der Waals surface area (Å²) in [5.74, 6) is -1.21. The summed E-state index contributed by atoms with van der Waals surface area (Å²) < 4.78 is 25.8. The largest absolute Gasteiger partial charge is 0.303 e. The third-order valence-electron chi connectivity index (χ3n) is 2.11. The highest BCUT2D eigenvalue weighted by Crippen LogP contribution is 2.21. The number of aldehydes is 1. The number of benzene rings is 1. The minimum atomic E-state index is -0.605. The molecule has 1 aromatic rings. The fourth-order valence-corrected chi connectivity index (χ4v) is 1.31. The first-order valence-corrected chi connectivity index (χ1v) is 4.72. The van der Waals surface area contributed by atoms with Gasteiger partial charge >= 0.3 is 0 Å². The van der Waals surface area contributed by atoms with Crippen LogP contribution >= 0.6 is 0 Å². The number of unbranched alkanes of at least 4 members (excludes halogenated alkanes) is 1. The highest BCUT2D eigenvalue weighted by Gasteiger charge is 2.06. The van der Waals surface area contributed by atoms with Crippen LogP contribution in [0.2, 0.25) is 0 Å². The third-order valence-corrected chi connectivity index (χ3v) is 2.11. The molecule has 0 heterocycles. The zero-order valence-electron chi connectivity index (χ0n) is 8.30. The minimum Gasteiger partial charge on any atom is -0.303 e. The molecule has 0 aliphatic carbocycles. The van der Waals surface area contributed by atoms with E-state index in [1.807, 2.05) is 0 Å². The van der Waals surface area contributed by atoms with Crippen LogP contribution in [0.3, 0.4) is 0 Å². The Morgan fingerprint density at radius 2 is 2.13 bits per heavy atom. The molecule has 0 saturated heterocycles. The molecule has 0 radical (unpaired) electrons. The Morgan fingerprint density at radius 3 is 2.73 bits per heavy atom. The maximum Gasteiger partial charge on any atom is 0.133 e. The molecule has 0 fully saturated rings. The summed E-state index contributed by atoms with van der Waals surface area (Å²) in [6, 6.07) is 3.40. The van der Waals surface area contributed by atoms with Crippen molar-refractivity contribution in [3.8, 4) is 0 Å². The highest BCUT2D eigenvalue weighted by molar-refractivity contribution is 5.64. The molecular formula is C12H12F2O. The van der Waals surface area contributed by atoms with E-state index in [-0.39, 0.29) is 0 Å². The van der Waals surface area contributed by atoms with Crippen molar-refractivity contribution in [1.29, 1.82) is 0 Å². The first-order chi connectivity index (χ1) is 7.15. The van der Waals surface area contributed by atoms with Crippen LogP contribution in [0.15, 0.2) is 24.8 Å². The monoisotopic (exact) mass is 210 g/mol. The van der Waals surface area contributed by atoms with Crippen molar-refractivity contribution in [2.45, 2.75) is 19.3 Å². The summed E-state index contributed by atoms with van der Waals surface area (Å²) in [6.07, 6.45) is 2.43. The fraction of sp³-hybridized carbons (Fsp3) is 0.250. The van der Waals surface area contributed by atoms with Crippen LogP contribution < -0.4 is 0 Å². The molecule has 1 aromatic carbocycles. The van der Waals surface area contributed by atoms with Crippen molar-refractivity contribution in [3.63, 3.8) is 0 Å². The summed E-state index contributed by atoms with van der Waals surface area (Å²) in [5.41, 5.74) is 0.914. The van der Waals surface area contributed by atoms with E-state index >= 15 is 0 Å². The smallest absolute Gasteiger partial charge is 0.133 e. The summed E-state index contributed by atoms with van der Waals surface area (Å²) in [5, 5.41) is 0. The molecule has 1 rings (SSSR count). The zero-order valence-corrected chi connectivity index (χ0v) is 8.30. The van der Waals surface area contributed by atoms with Gasteiger partial charge in [0.25, 0.3) is 0 Å². The van der Waals surface area contributed by atoms with Crippen molar-refractivity contribution in [2.75, 3.05) is 0 Å². The van der Waals surface area contributed by atoms with E-state index in [9.17, 15) is 13.6 Å². The Kier molecular flexibility index (Phi) is 4.16. The summed E-state index contributed by atoms with van der Waals surface area (Å²) in [4.78, 5) is 10.1. The van der Waals surface area contributed by atoms with Crippen LogP contribution in [0.1, 0.15) is 24.8 Å². The first-order valence-electron chi connectivity index (χ1n) is 4.72. The molecule has 0 bridgehead atoms. The van der Waals surface area contributed by atoms with Crippen molar-refractivity contribution in [3.05, 3.63) is 42.0 Å². The second kappa shape index (κ2) is 5.39. The minimum absolute atomic E-state index is 0.322. The molecular weight excluding hydrogens is 198 g/mol. The molecule has 3 heteroatoms.